The summed E-state index contributed by atoms with van der Waals surface area (Å²) >= 11 is 1.46. The Hall–Kier alpha value is -2.60. The summed E-state index contributed by atoms with van der Waals surface area (Å²) in [5.74, 6) is 1.10. The SMILES string of the molecule is Cn1c(SCC(=O)N2CCCC2C(=O)Cc2ccccc2C2CCCCC2)nc2ccccc21. The smallest absolute Gasteiger partial charge is 0.233 e. The van der Waals surface area contributed by atoms with Crippen LogP contribution in [0.2, 0.25) is 0 Å². The number of likely N-dealkylation sites (tertiary alicyclic amines) is 1. The van der Waals surface area contributed by atoms with Gasteiger partial charge in [0.25, 0.3) is 0 Å². The molecule has 2 aliphatic rings. The van der Waals surface area contributed by atoms with Gasteiger partial charge in [0, 0.05) is 20.0 Å². The third-order valence-electron chi connectivity index (χ3n) is 7.48. The van der Waals surface area contributed by atoms with Crippen LogP contribution in [0, 0.1) is 0 Å². The molecule has 0 spiro atoms. The standard InChI is InChI=1S/C28H33N3O2S/c1-30-24-15-8-7-14-23(24)29-28(30)34-19-27(33)31-17-9-16-25(31)26(32)18-21-12-5-6-13-22(21)20-10-3-2-4-11-20/h5-8,12-15,20,25H,2-4,9-11,16-19H2,1H3. The molecule has 0 radical (unpaired) electrons. The van der Waals surface area contributed by atoms with Crippen molar-refractivity contribution in [3.8, 4) is 0 Å². The molecule has 178 valence electrons. The first-order valence-corrected chi connectivity index (χ1v) is 13.5. The summed E-state index contributed by atoms with van der Waals surface area (Å²) in [5.41, 5.74) is 4.51. The lowest BCUT2D eigenvalue weighted by Crippen LogP contribution is -2.42. The van der Waals surface area contributed by atoms with Gasteiger partial charge in [-0.15, -0.1) is 0 Å². The number of nitrogens with zero attached hydrogens (tertiary/aromatic N) is 3. The van der Waals surface area contributed by atoms with Crippen molar-refractivity contribution in [3.63, 3.8) is 0 Å². The van der Waals surface area contributed by atoms with E-state index < -0.39 is 0 Å². The van der Waals surface area contributed by atoms with Crippen molar-refractivity contribution in [2.75, 3.05) is 12.3 Å². The Kier molecular flexibility index (Phi) is 7.05. The molecule has 1 aliphatic carbocycles. The maximum atomic E-state index is 13.4. The lowest BCUT2D eigenvalue weighted by Gasteiger charge is -2.26. The van der Waals surface area contributed by atoms with Crippen molar-refractivity contribution in [2.45, 2.75) is 68.5 Å². The fraction of sp³-hybridized carbons (Fsp3) is 0.464. The van der Waals surface area contributed by atoms with Crippen LogP contribution >= 0.6 is 11.8 Å². The molecule has 1 unspecified atom stereocenters. The molecule has 0 N–H and O–H groups in total. The Labute approximate surface area is 205 Å². The lowest BCUT2D eigenvalue weighted by molar-refractivity contribution is -0.135. The molecule has 2 aromatic carbocycles. The average molecular weight is 476 g/mol. The molecule has 0 bridgehead atoms. The normalized spacial score (nSPS) is 19.1. The van der Waals surface area contributed by atoms with Crippen molar-refractivity contribution < 1.29 is 9.59 Å². The Balaban J connectivity index is 1.24. The number of rotatable bonds is 7. The summed E-state index contributed by atoms with van der Waals surface area (Å²) in [4.78, 5) is 33.0. The minimum atomic E-state index is -0.298. The predicted octanol–water partition coefficient (Wildman–Crippen LogP) is 5.52. The van der Waals surface area contributed by atoms with Crippen LogP contribution in [-0.4, -0.2) is 44.5 Å². The molecule has 5 rings (SSSR count). The van der Waals surface area contributed by atoms with Gasteiger partial charge in [-0.1, -0.05) is 67.4 Å². The average Bonchev–Trinajstić information content (AvgIpc) is 3.49. The lowest BCUT2D eigenvalue weighted by atomic mass is 9.81. The maximum Gasteiger partial charge on any atom is 0.233 e. The number of hydrogen-bond acceptors (Lipinski definition) is 4. The van der Waals surface area contributed by atoms with E-state index in [-0.39, 0.29) is 17.7 Å². The summed E-state index contributed by atoms with van der Waals surface area (Å²) in [6, 6.07) is 16.2. The Morgan fingerprint density at radius 2 is 1.74 bits per heavy atom. The fourth-order valence-electron chi connectivity index (χ4n) is 5.67. The van der Waals surface area contributed by atoms with Gasteiger partial charge in [-0.05, 0) is 54.9 Å². The Morgan fingerprint density at radius 3 is 2.56 bits per heavy atom. The number of amides is 1. The van der Waals surface area contributed by atoms with Crippen molar-refractivity contribution in [1.82, 2.24) is 14.5 Å². The second-order valence-corrected chi connectivity index (χ2v) is 10.6. The first-order chi connectivity index (χ1) is 16.6. The van der Waals surface area contributed by atoms with Crippen LogP contribution in [0.15, 0.2) is 53.7 Å². The zero-order valence-corrected chi connectivity index (χ0v) is 20.7. The van der Waals surface area contributed by atoms with E-state index in [0.717, 1.165) is 34.6 Å². The van der Waals surface area contributed by atoms with Gasteiger partial charge in [0.05, 0.1) is 22.8 Å². The highest BCUT2D eigenvalue weighted by Crippen LogP contribution is 2.35. The molecule has 6 heteroatoms. The van der Waals surface area contributed by atoms with Gasteiger partial charge in [-0.2, -0.15) is 0 Å². The summed E-state index contributed by atoms with van der Waals surface area (Å²) in [6.45, 7) is 0.669. The number of carbonyl (C=O) groups is 2. The molecule has 1 aromatic heterocycles. The van der Waals surface area contributed by atoms with E-state index in [1.807, 2.05) is 46.8 Å². The number of Topliss-reactive ketones (excluding diaryl/α,β-unsaturated/α-hetero) is 1. The monoisotopic (exact) mass is 475 g/mol. The predicted molar refractivity (Wildman–Crippen MR) is 137 cm³/mol. The van der Waals surface area contributed by atoms with E-state index in [4.69, 9.17) is 0 Å². The van der Waals surface area contributed by atoms with Crippen LogP contribution in [0.5, 0.6) is 0 Å². The van der Waals surface area contributed by atoms with Crippen LogP contribution in [0.3, 0.4) is 0 Å². The van der Waals surface area contributed by atoms with Crippen LogP contribution < -0.4 is 0 Å². The maximum absolute atomic E-state index is 13.4. The molecule has 1 saturated carbocycles. The number of fused-ring (bicyclic) bond motifs is 1. The molecule has 1 atom stereocenters. The minimum Gasteiger partial charge on any atom is -0.332 e. The van der Waals surface area contributed by atoms with E-state index in [1.54, 1.807) is 0 Å². The van der Waals surface area contributed by atoms with Gasteiger partial charge in [0.2, 0.25) is 5.91 Å². The second-order valence-electron chi connectivity index (χ2n) is 9.65. The van der Waals surface area contributed by atoms with Crippen LogP contribution in [0.4, 0.5) is 0 Å². The van der Waals surface area contributed by atoms with E-state index in [1.165, 1.54) is 49.4 Å². The number of para-hydroxylation sites is 2. The first-order valence-electron chi connectivity index (χ1n) is 12.6. The van der Waals surface area contributed by atoms with Gasteiger partial charge >= 0.3 is 0 Å². The minimum absolute atomic E-state index is 0.0356. The second kappa shape index (κ2) is 10.3. The van der Waals surface area contributed by atoms with Crippen LogP contribution in [0.25, 0.3) is 11.0 Å². The van der Waals surface area contributed by atoms with Crippen LogP contribution in [-0.2, 0) is 23.1 Å². The highest BCUT2D eigenvalue weighted by Gasteiger charge is 2.34. The molecule has 3 aromatic rings. The van der Waals surface area contributed by atoms with Gasteiger partial charge in [0.15, 0.2) is 10.9 Å². The number of benzene rings is 2. The molecule has 1 amide bonds. The van der Waals surface area contributed by atoms with E-state index >= 15 is 0 Å². The van der Waals surface area contributed by atoms with Gasteiger partial charge in [0.1, 0.15) is 0 Å². The molecule has 1 saturated heterocycles. The van der Waals surface area contributed by atoms with Crippen molar-refractivity contribution in [2.24, 2.45) is 7.05 Å². The number of imidazole rings is 1. The van der Waals surface area contributed by atoms with Crippen molar-refractivity contribution in [3.05, 3.63) is 59.7 Å². The molecule has 1 aliphatic heterocycles. The number of carbonyl (C=O) groups excluding carboxylic acids is 2. The van der Waals surface area contributed by atoms with Crippen LogP contribution in [0.1, 0.15) is 62.0 Å². The number of aryl methyl sites for hydroxylation is 1. The number of ketones is 1. The molecular weight excluding hydrogens is 442 g/mol. The van der Waals surface area contributed by atoms with E-state index in [0.29, 0.717) is 24.6 Å². The molecule has 5 nitrogen and oxygen atoms in total. The van der Waals surface area contributed by atoms with Gasteiger partial charge < -0.3 is 9.47 Å². The Morgan fingerprint density at radius 1 is 0.971 bits per heavy atom. The highest BCUT2D eigenvalue weighted by molar-refractivity contribution is 7.99. The summed E-state index contributed by atoms with van der Waals surface area (Å²) < 4.78 is 2.03. The Bertz CT molecular complexity index is 1180. The summed E-state index contributed by atoms with van der Waals surface area (Å²) in [7, 11) is 1.98. The fourth-order valence-corrected chi connectivity index (χ4v) is 6.55. The van der Waals surface area contributed by atoms with Gasteiger partial charge in [-0.3, -0.25) is 9.59 Å². The third kappa shape index (κ3) is 4.78. The van der Waals surface area contributed by atoms with E-state index in [2.05, 4.69) is 23.2 Å². The summed E-state index contributed by atoms with van der Waals surface area (Å²) in [6.07, 6.45) is 8.41. The number of hydrogen-bond donors (Lipinski definition) is 0. The third-order valence-corrected chi connectivity index (χ3v) is 8.50. The number of thioether (sulfide) groups is 1. The summed E-state index contributed by atoms with van der Waals surface area (Å²) in [5, 5.41) is 0.832. The first kappa shape index (κ1) is 23.2. The van der Waals surface area contributed by atoms with E-state index in [9.17, 15) is 9.59 Å². The topological polar surface area (TPSA) is 55.2 Å². The largest absolute Gasteiger partial charge is 0.332 e. The molecule has 34 heavy (non-hydrogen) atoms. The number of aromatic nitrogens is 2. The zero-order chi connectivity index (χ0) is 23.5. The molecule has 2 heterocycles. The quantitative estimate of drug-likeness (QED) is 0.423. The van der Waals surface area contributed by atoms with Gasteiger partial charge in [-0.25, -0.2) is 4.98 Å². The van der Waals surface area contributed by atoms with Crippen molar-refractivity contribution >= 4 is 34.5 Å². The van der Waals surface area contributed by atoms with Crippen molar-refractivity contribution in [1.29, 1.82) is 0 Å². The molecular formula is C28H33N3O2S. The zero-order valence-electron chi connectivity index (χ0n) is 19.9. The molecule has 2 fully saturated rings. The highest BCUT2D eigenvalue weighted by atomic mass is 32.2.